The minimum atomic E-state index is 0.0960. The highest BCUT2D eigenvalue weighted by molar-refractivity contribution is 7.12. The van der Waals surface area contributed by atoms with E-state index in [2.05, 4.69) is 26.0 Å². The summed E-state index contributed by atoms with van der Waals surface area (Å²) in [6.07, 6.45) is 1.14. The van der Waals surface area contributed by atoms with Crippen molar-refractivity contribution in [3.8, 4) is 0 Å². The first kappa shape index (κ1) is 10.7. The van der Waals surface area contributed by atoms with Crippen LogP contribution in [0.1, 0.15) is 29.2 Å². The van der Waals surface area contributed by atoms with Crippen LogP contribution in [-0.2, 0) is 4.74 Å². The highest BCUT2D eigenvalue weighted by Crippen LogP contribution is 2.24. The summed E-state index contributed by atoms with van der Waals surface area (Å²) in [5.41, 5.74) is 5.64. The molecule has 0 aliphatic rings. The zero-order chi connectivity index (χ0) is 9.68. The van der Waals surface area contributed by atoms with Gasteiger partial charge in [-0.3, -0.25) is 0 Å². The Labute approximate surface area is 83.7 Å². The van der Waals surface area contributed by atoms with Crippen LogP contribution < -0.4 is 5.73 Å². The van der Waals surface area contributed by atoms with Crippen LogP contribution in [0.2, 0.25) is 0 Å². The summed E-state index contributed by atoms with van der Waals surface area (Å²) < 4.78 is 5.63. The van der Waals surface area contributed by atoms with Gasteiger partial charge in [-0.05, 0) is 25.5 Å². The molecule has 1 unspecified atom stereocenters. The number of rotatable bonds is 5. The Kier molecular flexibility index (Phi) is 4.42. The van der Waals surface area contributed by atoms with Crippen LogP contribution >= 0.6 is 11.3 Å². The second-order valence-corrected chi connectivity index (χ2v) is 4.36. The van der Waals surface area contributed by atoms with Gasteiger partial charge in [-0.1, -0.05) is 6.92 Å². The van der Waals surface area contributed by atoms with Crippen LogP contribution in [0, 0.1) is 6.92 Å². The van der Waals surface area contributed by atoms with E-state index in [0.717, 1.165) is 13.0 Å². The molecule has 1 heterocycles. The van der Waals surface area contributed by atoms with Crippen LogP contribution in [0.4, 0.5) is 0 Å². The molecular formula is C10H17NOS. The van der Waals surface area contributed by atoms with Gasteiger partial charge >= 0.3 is 0 Å². The summed E-state index contributed by atoms with van der Waals surface area (Å²) in [6, 6.07) is 4.21. The van der Waals surface area contributed by atoms with Crippen LogP contribution in [0.15, 0.2) is 12.1 Å². The van der Waals surface area contributed by atoms with Gasteiger partial charge in [0, 0.05) is 22.9 Å². The smallest absolute Gasteiger partial charge is 0.104 e. The third-order valence-electron chi connectivity index (χ3n) is 1.82. The molecule has 0 saturated carbocycles. The van der Waals surface area contributed by atoms with E-state index in [1.807, 2.05) is 0 Å². The Bertz CT molecular complexity index is 247. The average molecular weight is 199 g/mol. The number of thiophene rings is 1. The molecule has 1 rings (SSSR count). The second-order valence-electron chi connectivity index (χ2n) is 3.04. The number of nitrogens with two attached hydrogens (primary N) is 1. The van der Waals surface area contributed by atoms with Gasteiger partial charge < -0.3 is 10.5 Å². The molecule has 2 nitrogen and oxygen atoms in total. The minimum Gasteiger partial charge on any atom is -0.371 e. The van der Waals surface area contributed by atoms with Gasteiger partial charge in [0.15, 0.2) is 0 Å². The van der Waals surface area contributed by atoms with Crippen LogP contribution in [0.5, 0.6) is 0 Å². The zero-order valence-electron chi connectivity index (χ0n) is 8.25. The van der Waals surface area contributed by atoms with E-state index in [-0.39, 0.29) is 6.10 Å². The molecule has 0 amide bonds. The molecule has 0 aromatic carbocycles. The molecule has 0 spiro atoms. The van der Waals surface area contributed by atoms with E-state index in [9.17, 15) is 0 Å². The summed E-state index contributed by atoms with van der Waals surface area (Å²) in [7, 11) is 0. The van der Waals surface area contributed by atoms with Crippen molar-refractivity contribution < 1.29 is 4.74 Å². The largest absolute Gasteiger partial charge is 0.371 e. The van der Waals surface area contributed by atoms with Crippen molar-refractivity contribution in [3.05, 3.63) is 21.9 Å². The number of hydrogen-bond donors (Lipinski definition) is 1. The first-order valence-electron chi connectivity index (χ1n) is 4.66. The van der Waals surface area contributed by atoms with Gasteiger partial charge in [0.05, 0.1) is 0 Å². The standard InChI is InChI=1S/C10H17NOS/c1-3-6-12-9(7-11)10-5-4-8(2)13-10/h4-5,9H,3,6-7,11H2,1-2H3. The van der Waals surface area contributed by atoms with Gasteiger partial charge in [0.2, 0.25) is 0 Å². The number of ether oxygens (including phenoxy) is 1. The van der Waals surface area contributed by atoms with Crippen molar-refractivity contribution in [1.29, 1.82) is 0 Å². The summed E-state index contributed by atoms with van der Waals surface area (Å²) in [5, 5.41) is 0. The van der Waals surface area contributed by atoms with Gasteiger partial charge in [-0.25, -0.2) is 0 Å². The lowest BCUT2D eigenvalue weighted by molar-refractivity contribution is 0.0615. The van der Waals surface area contributed by atoms with Gasteiger partial charge in [0.1, 0.15) is 6.10 Å². The molecule has 0 fully saturated rings. The van der Waals surface area contributed by atoms with Crippen molar-refractivity contribution in [3.63, 3.8) is 0 Å². The lowest BCUT2D eigenvalue weighted by atomic mass is 10.3. The van der Waals surface area contributed by atoms with E-state index in [1.54, 1.807) is 11.3 Å². The predicted molar refractivity (Wildman–Crippen MR) is 57.1 cm³/mol. The normalized spacial score (nSPS) is 13.2. The number of aryl methyl sites for hydroxylation is 1. The highest BCUT2D eigenvalue weighted by atomic mass is 32.1. The fourth-order valence-electron chi connectivity index (χ4n) is 1.15. The van der Waals surface area contributed by atoms with E-state index in [4.69, 9.17) is 10.5 Å². The fraction of sp³-hybridized carbons (Fsp3) is 0.600. The first-order valence-corrected chi connectivity index (χ1v) is 5.47. The van der Waals surface area contributed by atoms with E-state index in [0.29, 0.717) is 6.54 Å². The Morgan fingerprint density at radius 3 is 2.77 bits per heavy atom. The van der Waals surface area contributed by atoms with E-state index in [1.165, 1.54) is 9.75 Å². The molecule has 0 aliphatic carbocycles. The SMILES string of the molecule is CCCOC(CN)c1ccc(C)s1. The molecule has 0 aliphatic heterocycles. The van der Waals surface area contributed by atoms with Crippen molar-refractivity contribution >= 4 is 11.3 Å². The summed E-state index contributed by atoms with van der Waals surface area (Å²) in [4.78, 5) is 2.56. The van der Waals surface area contributed by atoms with Gasteiger partial charge in [-0.15, -0.1) is 11.3 Å². The second kappa shape index (κ2) is 5.37. The maximum atomic E-state index is 5.64. The molecular weight excluding hydrogens is 182 g/mol. The highest BCUT2D eigenvalue weighted by Gasteiger charge is 2.10. The molecule has 1 aromatic rings. The fourth-order valence-corrected chi connectivity index (χ4v) is 2.09. The average Bonchev–Trinajstić information content (AvgIpc) is 2.54. The molecule has 1 atom stereocenters. The van der Waals surface area contributed by atoms with Crippen molar-refractivity contribution in [1.82, 2.24) is 0 Å². The molecule has 2 N–H and O–H groups in total. The Morgan fingerprint density at radius 1 is 1.54 bits per heavy atom. The van der Waals surface area contributed by atoms with E-state index < -0.39 is 0 Å². The first-order chi connectivity index (χ1) is 6.27. The van der Waals surface area contributed by atoms with Crippen LogP contribution in [0.25, 0.3) is 0 Å². The topological polar surface area (TPSA) is 35.2 Å². The van der Waals surface area contributed by atoms with Crippen molar-refractivity contribution in [2.24, 2.45) is 5.73 Å². The monoisotopic (exact) mass is 199 g/mol. The maximum Gasteiger partial charge on any atom is 0.104 e. The van der Waals surface area contributed by atoms with Crippen molar-refractivity contribution in [2.75, 3.05) is 13.2 Å². The lowest BCUT2D eigenvalue weighted by Crippen LogP contribution is -2.15. The summed E-state index contributed by atoms with van der Waals surface area (Å²) >= 11 is 1.77. The zero-order valence-corrected chi connectivity index (χ0v) is 9.06. The van der Waals surface area contributed by atoms with Gasteiger partial charge in [-0.2, -0.15) is 0 Å². The molecule has 3 heteroatoms. The molecule has 1 aromatic heterocycles. The predicted octanol–water partition coefficient (Wildman–Crippen LogP) is 2.48. The third kappa shape index (κ3) is 3.10. The molecule has 0 saturated heterocycles. The summed E-state index contributed by atoms with van der Waals surface area (Å²) in [5.74, 6) is 0. The maximum absolute atomic E-state index is 5.64. The number of hydrogen-bond acceptors (Lipinski definition) is 3. The third-order valence-corrected chi connectivity index (χ3v) is 2.91. The van der Waals surface area contributed by atoms with Crippen LogP contribution in [-0.4, -0.2) is 13.2 Å². The lowest BCUT2D eigenvalue weighted by Gasteiger charge is -2.13. The van der Waals surface area contributed by atoms with Gasteiger partial charge in [0.25, 0.3) is 0 Å². The molecule has 13 heavy (non-hydrogen) atoms. The van der Waals surface area contributed by atoms with Crippen LogP contribution in [0.3, 0.4) is 0 Å². The Balaban J connectivity index is 2.56. The molecule has 74 valence electrons. The molecule has 0 bridgehead atoms. The Hall–Kier alpha value is -0.380. The van der Waals surface area contributed by atoms with Crippen molar-refractivity contribution in [2.45, 2.75) is 26.4 Å². The quantitative estimate of drug-likeness (QED) is 0.790. The Morgan fingerprint density at radius 2 is 2.31 bits per heavy atom. The molecule has 0 radical (unpaired) electrons. The minimum absolute atomic E-state index is 0.0960. The van der Waals surface area contributed by atoms with E-state index >= 15 is 0 Å². The summed E-state index contributed by atoms with van der Waals surface area (Å²) in [6.45, 7) is 5.56.